The van der Waals surface area contributed by atoms with E-state index >= 15 is 0 Å². The molecule has 0 fully saturated rings. The van der Waals surface area contributed by atoms with Crippen molar-refractivity contribution >= 4 is 27.5 Å². The van der Waals surface area contributed by atoms with E-state index in [2.05, 4.69) is 26.1 Å². The number of aromatic nitrogens is 2. The number of hydrogen-bond donors (Lipinski definition) is 1. The summed E-state index contributed by atoms with van der Waals surface area (Å²) in [6.45, 7) is 1.94. The largest absolute Gasteiger partial charge is 0.497 e. The quantitative estimate of drug-likeness (QED) is 0.718. The van der Waals surface area contributed by atoms with Crippen molar-refractivity contribution in [2.24, 2.45) is 0 Å². The Morgan fingerprint density at radius 3 is 2.68 bits per heavy atom. The van der Waals surface area contributed by atoms with Gasteiger partial charge < -0.3 is 4.74 Å². The summed E-state index contributed by atoms with van der Waals surface area (Å²) in [7, 11) is 1.64. The second-order valence-corrected chi connectivity index (χ2v) is 6.86. The summed E-state index contributed by atoms with van der Waals surface area (Å²) >= 11 is 3.44. The summed E-state index contributed by atoms with van der Waals surface area (Å²) in [6, 6.07) is 15.3. The van der Waals surface area contributed by atoms with E-state index < -0.39 is 0 Å². The molecule has 1 aliphatic rings. The maximum atomic E-state index is 13.0. The molecular weight excluding hydrogens is 382 g/mol. The first-order valence-electron chi connectivity index (χ1n) is 7.88. The summed E-state index contributed by atoms with van der Waals surface area (Å²) in [5.74, 6) is 0.657. The molecule has 1 amide bonds. The molecule has 0 unspecified atom stereocenters. The third-order valence-electron chi connectivity index (χ3n) is 4.46. The number of benzene rings is 2. The smallest absolute Gasteiger partial charge is 0.279 e. The number of H-pyrrole nitrogens is 1. The van der Waals surface area contributed by atoms with E-state index in [0.29, 0.717) is 5.69 Å². The first-order valence-corrected chi connectivity index (χ1v) is 8.67. The van der Waals surface area contributed by atoms with Crippen LogP contribution in [0.2, 0.25) is 0 Å². The molecule has 0 saturated carbocycles. The van der Waals surface area contributed by atoms with Crippen LogP contribution in [0, 0.1) is 6.92 Å². The minimum absolute atomic E-state index is 0.102. The van der Waals surface area contributed by atoms with Gasteiger partial charge in [0.25, 0.3) is 5.91 Å². The number of ether oxygens (including phenoxy) is 1. The molecule has 6 heteroatoms. The third-order valence-corrected chi connectivity index (χ3v) is 4.99. The van der Waals surface area contributed by atoms with Gasteiger partial charge in [-0.3, -0.25) is 14.8 Å². The molecular formula is C19H16BrN3O2. The number of rotatable bonds is 3. The second kappa shape index (κ2) is 6.04. The first-order chi connectivity index (χ1) is 12.1. The summed E-state index contributed by atoms with van der Waals surface area (Å²) in [4.78, 5) is 14.8. The standard InChI is InChI=1S/C19H16BrN3O2/c1-11-16-17(22-21-11)19(24)23(14-8-6-13(20)7-9-14)18(16)12-4-3-5-15(10-12)25-2/h3-10,18H,1-2H3,(H,21,22)/t18-/m1/s1. The predicted molar refractivity (Wildman–Crippen MR) is 99.1 cm³/mol. The van der Waals surface area contributed by atoms with Gasteiger partial charge in [-0.05, 0) is 48.9 Å². The van der Waals surface area contributed by atoms with Gasteiger partial charge in [0.1, 0.15) is 5.75 Å². The van der Waals surface area contributed by atoms with Crippen molar-refractivity contribution in [3.63, 3.8) is 0 Å². The van der Waals surface area contributed by atoms with Gasteiger partial charge in [0.2, 0.25) is 0 Å². The van der Waals surface area contributed by atoms with Crippen LogP contribution in [0.5, 0.6) is 5.75 Å². The minimum Gasteiger partial charge on any atom is -0.497 e. The van der Waals surface area contributed by atoms with Crippen LogP contribution in [0.4, 0.5) is 5.69 Å². The number of aryl methyl sites for hydroxylation is 1. The van der Waals surface area contributed by atoms with Crippen LogP contribution < -0.4 is 9.64 Å². The van der Waals surface area contributed by atoms with Crippen LogP contribution in [0.15, 0.2) is 53.0 Å². The highest BCUT2D eigenvalue weighted by atomic mass is 79.9. The highest BCUT2D eigenvalue weighted by Crippen LogP contribution is 2.43. The normalized spacial score (nSPS) is 16.2. The van der Waals surface area contributed by atoms with Crippen molar-refractivity contribution in [1.29, 1.82) is 0 Å². The number of amides is 1. The highest BCUT2D eigenvalue weighted by molar-refractivity contribution is 9.10. The zero-order valence-electron chi connectivity index (χ0n) is 13.8. The van der Waals surface area contributed by atoms with E-state index in [1.54, 1.807) is 12.0 Å². The van der Waals surface area contributed by atoms with Crippen LogP contribution in [0.25, 0.3) is 0 Å². The number of hydrogen-bond acceptors (Lipinski definition) is 3. The lowest BCUT2D eigenvalue weighted by Crippen LogP contribution is -2.29. The molecule has 0 radical (unpaired) electrons. The topological polar surface area (TPSA) is 58.2 Å². The molecule has 126 valence electrons. The maximum Gasteiger partial charge on any atom is 0.279 e. The van der Waals surface area contributed by atoms with Crippen molar-refractivity contribution in [2.45, 2.75) is 13.0 Å². The number of aromatic amines is 1. The molecule has 0 bridgehead atoms. The van der Waals surface area contributed by atoms with Crippen molar-refractivity contribution in [1.82, 2.24) is 10.2 Å². The Hall–Kier alpha value is -2.60. The maximum absolute atomic E-state index is 13.0. The number of fused-ring (bicyclic) bond motifs is 1. The van der Waals surface area contributed by atoms with Crippen LogP contribution in [0.3, 0.4) is 0 Å². The number of nitrogens with zero attached hydrogens (tertiary/aromatic N) is 2. The van der Waals surface area contributed by atoms with Gasteiger partial charge >= 0.3 is 0 Å². The molecule has 1 aliphatic heterocycles. The first kappa shape index (κ1) is 15.9. The van der Waals surface area contributed by atoms with Gasteiger partial charge in [-0.15, -0.1) is 0 Å². The third kappa shape index (κ3) is 2.53. The fourth-order valence-electron chi connectivity index (χ4n) is 3.29. The van der Waals surface area contributed by atoms with Crippen molar-refractivity contribution in [2.75, 3.05) is 12.0 Å². The zero-order chi connectivity index (χ0) is 17.6. The van der Waals surface area contributed by atoms with Crippen LogP contribution in [-0.4, -0.2) is 23.2 Å². The number of halogens is 1. The van der Waals surface area contributed by atoms with Gasteiger partial charge in [-0.1, -0.05) is 28.1 Å². The molecule has 4 rings (SSSR count). The molecule has 2 aromatic carbocycles. The van der Waals surface area contributed by atoms with Gasteiger partial charge in [0.05, 0.1) is 13.2 Å². The molecule has 3 aromatic rings. The summed E-state index contributed by atoms with van der Waals surface area (Å²) in [6.07, 6.45) is 0. The lowest BCUT2D eigenvalue weighted by atomic mass is 9.98. The van der Waals surface area contributed by atoms with Gasteiger partial charge in [-0.25, -0.2) is 0 Å². The van der Waals surface area contributed by atoms with E-state index in [-0.39, 0.29) is 11.9 Å². The Labute approximate surface area is 153 Å². The number of anilines is 1. The van der Waals surface area contributed by atoms with E-state index in [1.165, 1.54) is 0 Å². The predicted octanol–water partition coefficient (Wildman–Crippen LogP) is 4.24. The van der Waals surface area contributed by atoms with E-state index in [9.17, 15) is 4.79 Å². The van der Waals surface area contributed by atoms with Gasteiger partial charge in [0.15, 0.2) is 5.69 Å². The van der Waals surface area contributed by atoms with Crippen molar-refractivity contribution < 1.29 is 9.53 Å². The molecule has 0 spiro atoms. The second-order valence-electron chi connectivity index (χ2n) is 5.94. The van der Waals surface area contributed by atoms with Crippen LogP contribution in [-0.2, 0) is 0 Å². The minimum atomic E-state index is -0.238. The average Bonchev–Trinajstić information content (AvgIpc) is 3.14. The fourth-order valence-corrected chi connectivity index (χ4v) is 3.56. The lowest BCUT2D eigenvalue weighted by molar-refractivity contribution is 0.0988. The average molecular weight is 398 g/mol. The molecule has 1 aromatic heterocycles. The number of nitrogens with one attached hydrogen (secondary N) is 1. The number of carbonyl (C=O) groups is 1. The summed E-state index contributed by atoms with van der Waals surface area (Å²) < 4.78 is 6.33. The summed E-state index contributed by atoms with van der Waals surface area (Å²) in [5.41, 5.74) is 4.11. The highest BCUT2D eigenvalue weighted by Gasteiger charge is 2.42. The molecule has 2 heterocycles. The molecule has 0 saturated heterocycles. The fraction of sp³-hybridized carbons (Fsp3) is 0.158. The Morgan fingerprint density at radius 2 is 1.96 bits per heavy atom. The Kier molecular flexibility index (Phi) is 3.84. The monoisotopic (exact) mass is 397 g/mol. The number of methoxy groups -OCH3 is 1. The SMILES string of the molecule is COc1cccc([C@@H]2c3c(n[nH]c3C)C(=O)N2c2ccc(Br)cc2)c1. The lowest BCUT2D eigenvalue weighted by Gasteiger charge is -2.26. The van der Waals surface area contributed by atoms with E-state index in [4.69, 9.17) is 4.74 Å². The van der Waals surface area contributed by atoms with Crippen molar-refractivity contribution in [3.8, 4) is 5.75 Å². The van der Waals surface area contributed by atoms with E-state index in [1.807, 2.05) is 55.5 Å². The number of carbonyl (C=O) groups excluding carboxylic acids is 1. The van der Waals surface area contributed by atoms with Crippen molar-refractivity contribution in [3.05, 3.63) is 75.5 Å². The molecule has 5 nitrogen and oxygen atoms in total. The van der Waals surface area contributed by atoms with Crippen LogP contribution in [0.1, 0.15) is 33.4 Å². The Bertz CT molecular complexity index is 950. The Balaban J connectivity index is 1.90. The van der Waals surface area contributed by atoms with E-state index in [0.717, 1.165) is 32.7 Å². The molecule has 1 atom stereocenters. The molecule has 1 N–H and O–H groups in total. The Morgan fingerprint density at radius 1 is 1.20 bits per heavy atom. The zero-order valence-corrected chi connectivity index (χ0v) is 15.4. The summed E-state index contributed by atoms with van der Waals surface area (Å²) in [5, 5.41) is 7.17. The molecule has 0 aliphatic carbocycles. The van der Waals surface area contributed by atoms with Crippen LogP contribution >= 0.6 is 15.9 Å². The van der Waals surface area contributed by atoms with Gasteiger partial charge in [-0.2, -0.15) is 5.10 Å². The van der Waals surface area contributed by atoms with Gasteiger partial charge in [0, 0.05) is 21.4 Å². The molecule has 25 heavy (non-hydrogen) atoms.